The molecule has 1 heterocycles. The van der Waals surface area contributed by atoms with Crippen molar-refractivity contribution in [3.05, 3.63) is 130 Å². The molecule has 0 amide bonds. The van der Waals surface area contributed by atoms with E-state index in [1.54, 1.807) is 30.6 Å². The number of benzene rings is 4. The molecule has 9 rings (SSSR count). The molecule has 0 aromatic heterocycles. The maximum absolute atomic E-state index is 3.08. The van der Waals surface area contributed by atoms with Crippen LogP contribution in [0.25, 0.3) is 34.4 Å². The van der Waals surface area contributed by atoms with Crippen molar-refractivity contribution in [1.82, 2.24) is 0 Å². The molecule has 4 aliphatic carbocycles. The fourth-order valence-electron chi connectivity index (χ4n) is 10.4. The molecule has 2 atom stereocenters. The van der Waals surface area contributed by atoms with Crippen molar-refractivity contribution in [2.75, 3.05) is 0 Å². The Labute approximate surface area is 293 Å². The van der Waals surface area contributed by atoms with E-state index in [4.69, 9.17) is 0 Å². The van der Waals surface area contributed by atoms with E-state index >= 15 is 0 Å². The second-order valence-corrected chi connectivity index (χ2v) is 31.2. The standard InChI is InChI=1S/2C20H19.C3H6.2ClH.Hf/c2*1-2-9-16(10-3-1)19-12-6-11-17-13-18(14-20(17)19)15-7-4-5-8-15;1-3-2;;;/h2*1-3,6,9-15H,4-5,7-8H2;1-3H2;2*1H;/q;;;;;+2/p-2. The van der Waals surface area contributed by atoms with Crippen LogP contribution in [0.2, 0.25) is 8.35 Å². The van der Waals surface area contributed by atoms with Crippen LogP contribution in [-0.2, 0) is 20.0 Å². The van der Waals surface area contributed by atoms with Crippen LogP contribution in [0.4, 0.5) is 0 Å². The van der Waals surface area contributed by atoms with Gasteiger partial charge in [0.25, 0.3) is 0 Å². The van der Waals surface area contributed by atoms with Crippen LogP contribution in [0.15, 0.2) is 108 Å². The Morgan fingerprint density at radius 1 is 0.435 bits per heavy atom. The Bertz CT molecular complexity index is 1630. The smallest absolute Gasteiger partial charge is 1.00 e. The van der Waals surface area contributed by atoms with Gasteiger partial charge in [-0.3, -0.25) is 0 Å². The van der Waals surface area contributed by atoms with Gasteiger partial charge in [0.2, 0.25) is 0 Å². The summed E-state index contributed by atoms with van der Waals surface area (Å²) in [6.07, 6.45) is 18.3. The van der Waals surface area contributed by atoms with Crippen LogP contribution in [-0.4, -0.2) is 0 Å². The average Bonchev–Trinajstić information content (AvgIpc) is 3.88. The van der Waals surface area contributed by atoms with Crippen LogP contribution < -0.4 is 24.8 Å². The zero-order chi connectivity index (χ0) is 29.1. The van der Waals surface area contributed by atoms with E-state index in [-0.39, 0.29) is 24.8 Å². The van der Waals surface area contributed by atoms with Crippen molar-refractivity contribution in [3.8, 4) is 22.3 Å². The van der Waals surface area contributed by atoms with E-state index in [0.29, 0.717) is 0 Å². The minimum atomic E-state index is -3.08. The van der Waals surface area contributed by atoms with Gasteiger partial charge < -0.3 is 24.8 Å². The predicted octanol–water partition coefficient (Wildman–Crippen LogP) is 6.38. The van der Waals surface area contributed by atoms with Crippen LogP contribution in [0.5, 0.6) is 0 Å². The van der Waals surface area contributed by atoms with Gasteiger partial charge in [-0.05, 0) is 0 Å². The molecule has 4 aromatic carbocycles. The van der Waals surface area contributed by atoms with Gasteiger partial charge in [0, 0.05) is 0 Å². The Morgan fingerprint density at radius 3 is 1.22 bits per heavy atom. The second kappa shape index (κ2) is 13.4. The van der Waals surface area contributed by atoms with Crippen molar-refractivity contribution in [2.24, 2.45) is 11.8 Å². The minimum Gasteiger partial charge on any atom is -1.00 e. The Hall–Kier alpha value is -2.19. The predicted molar refractivity (Wildman–Crippen MR) is 183 cm³/mol. The quantitative estimate of drug-likeness (QED) is 0.199. The SMILES string of the molecule is C1=C(C2CCCC2)[CH]([Hf+2]2([CH]3C(C4CCCC4)=Cc4c(-c5ccccc5)cccc43)[CH2]C[CH2]2)c2cccc(-c3ccccc3)c21.[Cl-].[Cl-]. The molecular weight excluding hydrogens is 766 g/mol. The van der Waals surface area contributed by atoms with Crippen LogP contribution in [0.1, 0.15) is 87.4 Å². The zero-order valence-corrected chi connectivity index (χ0v) is 31.8. The van der Waals surface area contributed by atoms with Crippen LogP contribution in [0.3, 0.4) is 0 Å². The van der Waals surface area contributed by atoms with E-state index in [2.05, 4.69) is 109 Å². The van der Waals surface area contributed by atoms with Gasteiger partial charge in [-0.25, -0.2) is 0 Å². The summed E-state index contributed by atoms with van der Waals surface area (Å²) >= 11 is -3.08. The Morgan fingerprint density at radius 2 is 0.848 bits per heavy atom. The topological polar surface area (TPSA) is 0 Å². The summed E-state index contributed by atoms with van der Waals surface area (Å²) in [6, 6.07) is 37.3. The summed E-state index contributed by atoms with van der Waals surface area (Å²) in [5.74, 6) is 1.59. The summed E-state index contributed by atoms with van der Waals surface area (Å²) in [4.78, 5) is 0. The largest absolute Gasteiger partial charge is 1.00 e. The Balaban J connectivity index is 0.00000169. The van der Waals surface area contributed by atoms with Gasteiger partial charge in [-0.15, -0.1) is 0 Å². The number of fused-ring (bicyclic) bond motifs is 2. The number of hydrogen-bond acceptors (Lipinski definition) is 0. The number of halogens is 2. The third-order valence-corrected chi connectivity index (χ3v) is 34.6. The van der Waals surface area contributed by atoms with E-state index in [1.165, 1.54) is 80.0 Å². The van der Waals surface area contributed by atoms with Crippen LogP contribution >= 0.6 is 0 Å². The molecule has 2 unspecified atom stereocenters. The molecule has 0 bridgehead atoms. The molecule has 4 aromatic rings. The third kappa shape index (κ3) is 5.19. The maximum Gasteiger partial charge on any atom is -1.00 e. The van der Waals surface area contributed by atoms with E-state index in [1.807, 2.05) is 11.1 Å². The summed E-state index contributed by atoms with van der Waals surface area (Å²) in [5, 5.41) is 0. The molecule has 0 nitrogen and oxygen atoms in total. The summed E-state index contributed by atoms with van der Waals surface area (Å²) < 4.78 is 4.64. The fraction of sp³-hybridized carbons (Fsp3) is 0.349. The second-order valence-electron chi connectivity index (χ2n) is 14.6. The monoisotopic (exact) mass is 810 g/mol. The van der Waals surface area contributed by atoms with Crippen molar-refractivity contribution in [3.63, 3.8) is 0 Å². The molecule has 2 saturated carbocycles. The molecule has 1 aliphatic heterocycles. The first-order chi connectivity index (χ1) is 21.8. The fourth-order valence-corrected chi connectivity index (χ4v) is 33.3. The number of hydrogen-bond donors (Lipinski definition) is 0. The Kier molecular flexibility index (Phi) is 9.41. The molecular formula is C43H44Cl2Hf. The van der Waals surface area contributed by atoms with E-state index in [9.17, 15) is 0 Å². The summed E-state index contributed by atoms with van der Waals surface area (Å²) in [5.41, 5.74) is 16.1. The normalized spacial score (nSPS) is 22.3. The minimum absolute atomic E-state index is 0. The third-order valence-electron chi connectivity index (χ3n) is 12.4. The molecule has 46 heavy (non-hydrogen) atoms. The van der Waals surface area contributed by atoms with Crippen molar-refractivity contribution in [1.29, 1.82) is 0 Å². The van der Waals surface area contributed by atoms with E-state index < -0.39 is 20.0 Å². The first kappa shape index (κ1) is 32.4. The molecule has 5 aliphatic rings. The van der Waals surface area contributed by atoms with E-state index in [0.717, 1.165) is 19.2 Å². The molecule has 0 N–H and O–H groups in total. The number of rotatable bonds is 6. The van der Waals surface area contributed by atoms with Crippen LogP contribution in [0, 0.1) is 11.8 Å². The molecule has 0 spiro atoms. The van der Waals surface area contributed by atoms with Gasteiger partial charge in [0.15, 0.2) is 0 Å². The first-order valence-corrected chi connectivity index (χ1v) is 26.8. The van der Waals surface area contributed by atoms with Crippen molar-refractivity contribution in [2.45, 2.75) is 73.5 Å². The van der Waals surface area contributed by atoms with Crippen molar-refractivity contribution < 1.29 is 44.8 Å². The zero-order valence-electron chi connectivity index (χ0n) is 26.7. The van der Waals surface area contributed by atoms with Gasteiger partial charge in [0.1, 0.15) is 0 Å². The molecule has 3 heteroatoms. The number of allylic oxidation sites excluding steroid dienone is 2. The van der Waals surface area contributed by atoms with Gasteiger partial charge in [0.05, 0.1) is 0 Å². The summed E-state index contributed by atoms with van der Waals surface area (Å²) in [7, 11) is 0. The first-order valence-electron chi connectivity index (χ1n) is 17.6. The van der Waals surface area contributed by atoms with Gasteiger partial charge >= 0.3 is 270 Å². The molecule has 0 radical (unpaired) electrons. The summed E-state index contributed by atoms with van der Waals surface area (Å²) in [6.45, 7) is 0. The average molecular weight is 810 g/mol. The molecule has 3 fully saturated rings. The van der Waals surface area contributed by atoms with Crippen molar-refractivity contribution >= 4 is 12.2 Å². The van der Waals surface area contributed by atoms with Gasteiger partial charge in [-0.2, -0.15) is 0 Å². The van der Waals surface area contributed by atoms with Gasteiger partial charge in [-0.1, -0.05) is 0 Å². The maximum atomic E-state index is 2.77. The molecule has 234 valence electrons. The molecule has 1 saturated heterocycles.